The first-order valence-electron chi connectivity index (χ1n) is 6.68. The summed E-state index contributed by atoms with van der Waals surface area (Å²) in [6, 6.07) is 8.38. The van der Waals surface area contributed by atoms with Crippen LogP contribution in [0, 0.1) is 14.9 Å². The fraction of sp³-hybridized carbons (Fsp3) is 0.0714. The summed E-state index contributed by atoms with van der Waals surface area (Å²) < 4.78 is 6.78. The fourth-order valence-corrected chi connectivity index (χ4v) is 2.90. The van der Waals surface area contributed by atoms with E-state index >= 15 is 0 Å². The highest BCUT2D eigenvalue weighted by Gasteiger charge is 2.14. The summed E-state index contributed by atoms with van der Waals surface area (Å²) in [6.45, 7) is 0. The number of hydrogen-bond donors (Lipinski definition) is 1. The van der Waals surface area contributed by atoms with Crippen molar-refractivity contribution in [1.29, 1.82) is 0 Å². The van der Waals surface area contributed by atoms with Crippen LogP contribution in [-0.4, -0.2) is 33.1 Å². The highest BCUT2D eigenvalue weighted by molar-refractivity contribution is 7.71. The Bertz CT molecular complexity index is 959. The van der Waals surface area contributed by atoms with Crippen LogP contribution in [0.5, 0.6) is 5.75 Å². The van der Waals surface area contributed by atoms with Crippen LogP contribution in [0.25, 0.3) is 10.7 Å². The lowest BCUT2D eigenvalue weighted by Gasteiger charge is -2.02. The van der Waals surface area contributed by atoms with Crippen molar-refractivity contribution in [2.75, 3.05) is 7.11 Å². The van der Waals surface area contributed by atoms with Gasteiger partial charge in [-0.2, -0.15) is 14.9 Å². The molecule has 2 aromatic heterocycles. The minimum atomic E-state index is -0.503. The van der Waals surface area contributed by atoms with Crippen molar-refractivity contribution in [2.24, 2.45) is 5.10 Å². The van der Waals surface area contributed by atoms with Gasteiger partial charge in [-0.25, -0.2) is 5.10 Å². The van der Waals surface area contributed by atoms with Gasteiger partial charge in [0.15, 0.2) is 11.6 Å². The van der Waals surface area contributed by atoms with Crippen LogP contribution in [0.1, 0.15) is 5.56 Å². The van der Waals surface area contributed by atoms with Crippen LogP contribution < -0.4 is 4.74 Å². The minimum Gasteiger partial charge on any atom is -0.490 e. The molecule has 0 radical (unpaired) electrons. The van der Waals surface area contributed by atoms with Crippen molar-refractivity contribution in [3.05, 3.63) is 56.2 Å². The molecule has 0 spiro atoms. The number of methoxy groups -OCH3 is 1. The maximum Gasteiger partial charge on any atom is 0.311 e. The number of nitro benzene ring substituents is 1. The Morgan fingerprint density at radius 1 is 1.50 bits per heavy atom. The van der Waals surface area contributed by atoms with Gasteiger partial charge in [0.2, 0.25) is 4.77 Å². The molecule has 0 aliphatic rings. The third-order valence-electron chi connectivity index (χ3n) is 3.11. The largest absolute Gasteiger partial charge is 0.490 e. The van der Waals surface area contributed by atoms with Gasteiger partial charge >= 0.3 is 5.69 Å². The third-order valence-corrected chi connectivity index (χ3v) is 4.24. The molecule has 8 nitrogen and oxygen atoms in total. The van der Waals surface area contributed by atoms with Crippen LogP contribution in [0.15, 0.2) is 40.8 Å². The molecule has 0 unspecified atom stereocenters. The van der Waals surface area contributed by atoms with E-state index in [2.05, 4.69) is 15.3 Å². The van der Waals surface area contributed by atoms with Crippen LogP contribution >= 0.6 is 23.6 Å². The molecule has 1 aromatic carbocycles. The van der Waals surface area contributed by atoms with Gasteiger partial charge in [0.1, 0.15) is 0 Å². The zero-order valence-corrected chi connectivity index (χ0v) is 14.0. The summed E-state index contributed by atoms with van der Waals surface area (Å²) in [5.74, 6) is 0.769. The predicted octanol–water partition coefficient (Wildman–Crippen LogP) is 3.47. The maximum absolute atomic E-state index is 11.1. The van der Waals surface area contributed by atoms with Gasteiger partial charge in [-0.3, -0.25) is 10.1 Å². The normalized spacial score (nSPS) is 11.0. The Morgan fingerprint density at radius 2 is 2.33 bits per heavy atom. The lowest BCUT2D eigenvalue weighted by molar-refractivity contribution is -0.385. The van der Waals surface area contributed by atoms with Gasteiger partial charge in [0.05, 0.1) is 23.1 Å². The van der Waals surface area contributed by atoms with E-state index in [1.165, 1.54) is 41.5 Å². The predicted molar refractivity (Wildman–Crippen MR) is 93.4 cm³/mol. The number of aromatic amines is 1. The van der Waals surface area contributed by atoms with E-state index in [0.29, 0.717) is 16.2 Å². The SMILES string of the molecule is COc1ccc(/C=N\n2c(-c3cccs3)n[nH]c2=S)cc1[N+](=O)[O-]. The smallest absolute Gasteiger partial charge is 0.311 e. The molecule has 2 heterocycles. The number of H-pyrrole nitrogens is 1. The fourth-order valence-electron chi connectivity index (χ4n) is 2.02. The summed E-state index contributed by atoms with van der Waals surface area (Å²) in [7, 11) is 1.38. The van der Waals surface area contributed by atoms with Gasteiger partial charge in [-0.05, 0) is 35.8 Å². The molecule has 0 amide bonds. The molecule has 0 atom stereocenters. The highest BCUT2D eigenvalue weighted by atomic mass is 32.1. The third kappa shape index (κ3) is 3.09. The number of nitro groups is 1. The minimum absolute atomic E-state index is 0.129. The summed E-state index contributed by atoms with van der Waals surface area (Å²) in [4.78, 5) is 11.5. The number of aromatic nitrogens is 3. The number of nitrogens with zero attached hydrogens (tertiary/aromatic N) is 4. The van der Waals surface area contributed by atoms with Crippen LogP contribution in [0.4, 0.5) is 5.69 Å². The van der Waals surface area contributed by atoms with Crippen molar-refractivity contribution in [3.8, 4) is 16.5 Å². The average molecular weight is 361 g/mol. The van der Waals surface area contributed by atoms with E-state index in [9.17, 15) is 10.1 Å². The van der Waals surface area contributed by atoms with E-state index < -0.39 is 4.92 Å². The second-order valence-electron chi connectivity index (χ2n) is 4.57. The molecule has 24 heavy (non-hydrogen) atoms. The molecule has 0 fully saturated rings. The number of benzene rings is 1. The Balaban J connectivity index is 1.98. The Labute approximate surface area is 145 Å². The first kappa shape index (κ1) is 16.0. The molecule has 3 aromatic rings. The maximum atomic E-state index is 11.1. The Morgan fingerprint density at radius 3 is 3.00 bits per heavy atom. The van der Waals surface area contributed by atoms with E-state index in [1.807, 2.05) is 17.5 Å². The second kappa shape index (κ2) is 6.72. The molecule has 0 aliphatic carbocycles. The van der Waals surface area contributed by atoms with Crippen molar-refractivity contribution in [1.82, 2.24) is 14.9 Å². The number of rotatable bonds is 5. The summed E-state index contributed by atoms with van der Waals surface area (Å²) in [5, 5.41) is 24.1. The molecule has 0 saturated heterocycles. The summed E-state index contributed by atoms with van der Waals surface area (Å²) in [5.41, 5.74) is 0.415. The van der Waals surface area contributed by atoms with Gasteiger partial charge < -0.3 is 4.74 Å². The average Bonchev–Trinajstić information content (AvgIpc) is 3.22. The lowest BCUT2D eigenvalue weighted by Crippen LogP contribution is -1.97. The molecule has 10 heteroatoms. The van der Waals surface area contributed by atoms with Crippen LogP contribution in [0.2, 0.25) is 0 Å². The molecular weight excluding hydrogens is 350 g/mol. The molecular formula is C14H11N5O3S2. The van der Waals surface area contributed by atoms with Gasteiger partial charge in [0, 0.05) is 11.6 Å². The molecule has 0 bridgehead atoms. The van der Waals surface area contributed by atoms with Crippen molar-refractivity contribution < 1.29 is 9.66 Å². The molecule has 122 valence electrons. The standard InChI is InChI=1S/C14H11N5O3S2/c1-22-11-5-4-9(7-10(11)19(20)21)8-15-18-13(16-17-14(18)23)12-3-2-6-24-12/h2-8H,1H3,(H,17,23)/b15-8-. The zero-order valence-electron chi connectivity index (χ0n) is 12.4. The monoisotopic (exact) mass is 361 g/mol. The summed E-state index contributed by atoms with van der Waals surface area (Å²) >= 11 is 6.68. The Kier molecular flexibility index (Phi) is 4.49. The van der Waals surface area contributed by atoms with E-state index in [0.717, 1.165) is 4.88 Å². The summed E-state index contributed by atoms with van der Waals surface area (Å²) in [6.07, 6.45) is 1.48. The highest BCUT2D eigenvalue weighted by Crippen LogP contribution is 2.27. The topological polar surface area (TPSA) is 98.3 Å². The molecule has 1 N–H and O–H groups in total. The number of thiophene rings is 1. The molecule has 3 rings (SSSR count). The van der Waals surface area contributed by atoms with Crippen molar-refractivity contribution >= 4 is 35.5 Å². The zero-order chi connectivity index (χ0) is 17.1. The lowest BCUT2D eigenvalue weighted by atomic mass is 10.2. The molecule has 0 aliphatic heterocycles. The van der Waals surface area contributed by atoms with Gasteiger partial charge in [-0.15, -0.1) is 11.3 Å². The van der Waals surface area contributed by atoms with E-state index in [4.69, 9.17) is 17.0 Å². The van der Waals surface area contributed by atoms with E-state index in [1.54, 1.807) is 6.07 Å². The number of nitrogens with one attached hydrogen (secondary N) is 1. The van der Waals surface area contributed by atoms with Gasteiger partial charge in [0.25, 0.3) is 0 Å². The first-order valence-corrected chi connectivity index (χ1v) is 7.97. The van der Waals surface area contributed by atoms with Crippen molar-refractivity contribution in [2.45, 2.75) is 0 Å². The number of ether oxygens (including phenoxy) is 1. The van der Waals surface area contributed by atoms with Crippen LogP contribution in [0.3, 0.4) is 0 Å². The quantitative estimate of drug-likeness (QED) is 0.325. The first-order chi connectivity index (χ1) is 11.6. The van der Waals surface area contributed by atoms with E-state index in [-0.39, 0.29) is 11.4 Å². The second-order valence-corrected chi connectivity index (χ2v) is 5.91. The van der Waals surface area contributed by atoms with Crippen molar-refractivity contribution in [3.63, 3.8) is 0 Å². The Hall–Kier alpha value is -2.85. The molecule has 0 saturated carbocycles. The van der Waals surface area contributed by atoms with Crippen LogP contribution in [-0.2, 0) is 0 Å². The number of hydrogen-bond acceptors (Lipinski definition) is 7. The van der Waals surface area contributed by atoms with Gasteiger partial charge in [-0.1, -0.05) is 6.07 Å².